The molecule has 0 aromatic heterocycles. The van der Waals surface area contributed by atoms with Gasteiger partial charge in [-0.05, 0) is 25.0 Å². The van der Waals surface area contributed by atoms with Gasteiger partial charge in [-0.2, -0.15) is 0 Å². The molecule has 0 radical (unpaired) electrons. The number of rotatable bonds is 3. The van der Waals surface area contributed by atoms with Crippen molar-refractivity contribution in [1.29, 1.82) is 0 Å². The van der Waals surface area contributed by atoms with Gasteiger partial charge >= 0.3 is 6.09 Å². The molecular weight excluding hydrogens is 232 g/mol. The molecule has 1 amide bonds. The van der Waals surface area contributed by atoms with Crippen LogP contribution in [0.1, 0.15) is 12.8 Å². The number of benzene rings is 1. The first-order valence-corrected chi connectivity index (χ1v) is 6.31. The van der Waals surface area contributed by atoms with Gasteiger partial charge in [-0.15, -0.1) is 5.06 Å². The van der Waals surface area contributed by atoms with Crippen molar-refractivity contribution in [1.82, 2.24) is 5.06 Å². The number of hydrogen-bond acceptors (Lipinski definition) is 4. The second kappa shape index (κ2) is 4.86. The van der Waals surface area contributed by atoms with Gasteiger partial charge in [0.2, 0.25) is 0 Å². The molecule has 0 saturated carbocycles. The molecule has 2 saturated heterocycles. The van der Waals surface area contributed by atoms with E-state index in [1.165, 1.54) is 0 Å². The molecule has 5 heteroatoms. The lowest BCUT2D eigenvalue weighted by Gasteiger charge is -2.21. The predicted octanol–water partition coefficient (Wildman–Crippen LogP) is 2.03. The number of cyclic esters (lactones) is 1. The highest BCUT2D eigenvalue weighted by Crippen LogP contribution is 2.31. The minimum absolute atomic E-state index is 0.299. The quantitative estimate of drug-likeness (QED) is 0.820. The van der Waals surface area contributed by atoms with Crippen LogP contribution in [0, 0.1) is 0 Å². The molecule has 1 aromatic rings. The van der Waals surface area contributed by atoms with Gasteiger partial charge in [0.05, 0.1) is 12.2 Å². The molecule has 2 aliphatic heterocycles. The largest absolute Gasteiger partial charge is 0.447 e. The molecule has 18 heavy (non-hydrogen) atoms. The maximum absolute atomic E-state index is 11.6. The summed E-state index contributed by atoms with van der Waals surface area (Å²) in [4.78, 5) is 19.1. The van der Waals surface area contributed by atoms with Crippen molar-refractivity contribution < 1.29 is 14.4 Å². The molecule has 0 atom stereocenters. The van der Waals surface area contributed by atoms with Crippen LogP contribution in [0.15, 0.2) is 24.3 Å². The maximum atomic E-state index is 11.6. The monoisotopic (exact) mass is 248 g/mol. The molecule has 0 unspecified atom stereocenters. The Balaban J connectivity index is 1.82. The lowest BCUT2D eigenvalue weighted by atomic mass is 10.2. The van der Waals surface area contributed by atoms with E-state index in [1.54, 1.807) is 4.90 Å². The number of hydroxylamine groups is 2. The first-order valence-electron chi connectivity index (χ1n) is 6.31. The van der Waals surface area contributed by atoms with Crippen LogP contribution in [0.2, 0.25) is 0 Å². The molecule has 0 aliphatic carbocycles. The molecule has 0 bridgehead atoms. The van der Waals surface area contributed by atoms with E-state index in [0.29, 0.717) is 13.2 Å². The summed E-state index contributed by atoms with van der Waals surface area (Å²) < 4.78 is 4.96. The van der Waals surface area contributed by atoms with Crippen molar-refractivity contribution in [2.24, 2.45) is 0 Å². The van der Waals surface area contributed by atoms with E-state index in [-0.39, 0.29) is 6.09 Å². The summed E-state index contributed by atoms with van der Waals surface area (Å²) >= 11 is 0. The average Bonchev–Trinajstić information content (AvgIpc) is 3.02. The molecule has 2 aliphatic rings. The highest BCUT2D eigenvalue weighted by Gasteiger charge is 2.27. The van der Waals surface area contributed by atoms with Crippen LogP contribution in [0.5, 0.6) is 5.75 Å². The van der Waals surface area contributed by atoms with Crippen LogP contribution in [-0.2, 0) is 4.74 Å². The van der Waals surface area contributed by atoms with Crippen LogP contribution < -0.4 is 9.74 Å². The van der Waals surface area contributed by atoms with Gasteiger partial charge < -0.3 is 9.57 Å². The molecule has 2 heterocycles. The number of nitrogens with zero attached hydrogens (tertiary/aromatic N) is 2. The number of amides is 1. The summed E-state index contributed by atoms with van der Waals surface area (Å²) in [6.45, 7) is 2.91. The van der Waals surface area contributed by atoms with E-state index in [1.807, 2.05) is 29.3 Å². The Labute approximate surface area is 106 Å². The average molecular weight is 248 g/mol. The Kier molecular flexibility index (Phi) is 3.06. The minimum Gasteiger partial charge on any atom is -0.447 e. The van der Waals surface area contributed by atoms with Crippen molar-refractivity contribution in [3.8, 4) is 5.75 Å². The van der Waals surface area contributed by atoms with Crippen LogP contribution in [0.25, 0.3) is 0 Å². The minimum atomic E-state index is -0.299. The first kappa shape index (κ1) is 11.3. The van der Waals surface area contributed by atoms with Gasteiger partial charge in [-0.25, -0.2) is 4.79 Å². The fraction of sp³-hybridized carbons (Fsp3) is 0.462. The van der Waals surface area contributed by atoms with Crippen LogP contribution in [0.3, 0.4) is 0 Å². The number of carbonyl (C=O) groups excluding carboxylic acids is 1. The number of anilines is 1. The standard InChI is InChI=1S/C13H16N2O3/c16-13-15(9-10-17-13)11-5-1-2-6-12(11)18-14-7-3-4-8-14/h1-2,5-6H,3-4,7-10H2. The topological polar surface area (TPSA) is 42.0 Å². The lowest BCUT2D eigenvalue weighted by molar-refractivity contribution is -0.0341. The van der Waals surface area contributed by atoms with Crippen molar-refractivity contribution >= 4 is 11.8 Å². The third-order valence-electron chi connectivity index (χ3n) is 3.21. The van der Waals surface area contributed by atoms with Crippen LogP contribution in [-0.4, -0.2) is 37.4 Å². The van der Waals surface area contributed by atoms with E-state index >= 15 is 0 Å². The van der Waals surface area contributed by atoms with E-state index in [9.17, 15) is 4.79 Å². The molecule has 96 valence electrons. The zero-order valence-electron chi connectivity index (χ0n) is 10.2. The second-order valence-corrected chi connectivity index (χ2v) is 4.46. The number of hydrogen-bond donors (Lipinski definition) is 0. The van der Waals surface area contributed by atoms with Crippen molar-refractivity contribution in [2.45, 2.75) is 12.8 Å². The van der Waals surface area contributed by atoms with Crippen molar-refractivity contribution in [3.05, 3.63) is 24.3 Å². The molecule has 0 N–H and O–H groups in total. The summed E-state index contributed by atoms with van der Waals surface area (Å²) in [6.07, 6.45) is 2.02. The Morgan fingerprint density at radius 2 is 1.89 bits per heavy atom. The van der Waals surface area contributed by atoms with Gasteiger partial charge in [0.1, 0.15) is 6.61 Å². The van der Waals surface area contributed by atoms with Gasteiger partial charge in [-0.1, -0.05) is 12.1 Å². The van der Waals surface area contributed by atoms with Crippen LogP contribution >= 0.6 is 0 Å². The fourth-order valence-corrected chi connectivity index (χ4v) is 2.29. The zero-order chi connectivity index (χ0) is 12.4. The molecular formula is C13H16N2O3. The molecule has 3 rings (SSSR count). The van der Waals surface area contributed by atoms with E-state index in [2.05, 4.69) is 0 Å². The Hall–Kier alpha value is -1.75. The Bertz CT molecular complexity index is 444. The van der Waals surface area contributed by atoms with Gasteiger partial charge in [0.25, 0.3) is 0 Å². The molecule has 5 nitrogen and oxygen atoms in total. The fourth-order valence-electron chi connectivity index (χ4n) is 2.29. The van der Waals surface area contributed by atoms with E-state index < -0.39 is 0 Å². The first-order chi connectivity index (χ1) is 8.84. The van der Waals surface area contributed by atoms with Gasteiger partial charge in [0, 0.05) is 13.1 Å². The van der Waals surface area contributed by atoms with Gasteiger partial charge in [-0.3, -0.25) is 4.90 Å². The summed E-state index contributed by atoms with van der Waals surface area (Å²) in [5.41, 5.74) is 0.784. The molecule has 2 fully saturated rings. The van der Waals surface area contributed by atoms with E-state index in [4.69, 9.17) is 9.57 Å². The predicted molar refractivity (Wildman–Crippen MR) is 66.6 cm³/mol. The van der Waals surface area contributed by atoms with E-state index in [0.717, 1.165) is 37.4 Å². The van der Waals surface area contributed by atoms with Gasteiger partial charge in [0.15, 0.2) is 5.75 Å². The Morgan fingerprint density at radius 3 is 2.61 bits per heavy atom. The summed E-state index contributed by atoms with van der Waals surface area (Å²) in [6, 6.07) is 7.59. The summed E-state index contributed by atoms with van der Waals surface area (Å²) in [7, 11) is 0. The van der Waals surface area contributed by atoms with Crippen molar-refractivity contribution in [3.63, 3.8) is 0 Å². The smallest absolute Gasteiger partial charge is 0.414 e. The van der Waals surface area contributed by atoms with Crippen molar-refractivity contribution in [2.75, 3.05) is 31.1 Å². The normalized spacial score (nSPS) is 20.2. The highest BCUT2D eigenvalue weighted by atomic mass is 16.7. The molecule has 1 aromatic carbocycles. The Morgan fingerprint density at radius 1 is 1.11 bits per heavy atom. The number of para-hydroxylation sites is 2. The SMILES string of the molecule is O=C1OCCN1c1ccccc1ON1CCCC1. The summed E-state index contributed by atoms with van der Waals surface area (Å²) in [5.74, 6) is 0.721. The maximum Gasteiger partial charge on any atom is 0.414 e. The number of carbonyl (C=O) groups is 1. The van der Waals surface area contributed by atoms with Crippen LogP contribution in [0.4, 0.5) is 10.5 Å². The summed E-state index contributed by atoms with van der Waals surface area (Å²) in [5, 5.41) is 1.94. The zero-order valence-corrected chi connectivity index (χ0v) is 10.2. The number of ether oxygens (including phenoxy) is 1. The third kappa shape index (κ3) is 2.13. The second-order valence-electron chi connectivity index (χ2n) is 4.46. The highest BCUT2D eigenvalue weighted by molar-refractivity contribution is 5.91. The third-order valence-corrected chi connectivity index (χ3v) is 3.21. The molecule has 0 spiro atoms. The lowest BCUT2D eigenvalue weighted by Crippen LogP contribution is -2.27.